The molecule has 1 heterocycles. The number of anilines is 2. The van der Waals surface area contributed by atoms with E-state index in [2.05, 4.69) is 10.3 Å². The predicted octanol–water partition coefficient (Wildman–Crippen LogP) is 1.53. The van der Waals surface area contributed by atoms with Crippen molar-refractivity contribution in [3.63, 3.8) is 0 Å². The highest BCUT2D eigenvalue weighted by atomic mass is 32.1. The molecule has 0 aliphatic heterocycles. The average molecular weight is 224 g/mol. The van der Waals surface area contributed by atoms with Gasteiger partial charge in [0.15, 0.2) is 10.2 Å². The molecule has 4 nitrogen and oxygen atoms in total. The summed E-state index contributed by atoms with van der Waals surface area (Å²) in [5.74, 6) is 0. The molecule has 0 saturated heterocycles. The smallest absolute Gasteiger partial charge is 0.181 e. The van der Waals surface area contributed by atoms with Crippen LogP contribution in [0.4, 0.5) is 10.8 Å². The zero-order chi connectivity index (χ0) is 10.1. The van der Waals surface area contributed by atoms with Crippen LogP contribution >= 0.6 is 23.6 Å². The fourth-order valence-corrected chi connectivity index (χ4v) is 2.05. The molecule has 1 aromatic carbocycles. The van der Waals surface area contributed by atoms with Crippen molar-refractivity contribution < 1.29 is 0 Å². The first-order chi connectivity index (χ1) is 6.65. The van der Waals surface area contributed by atoms with Crippen molar-refractivity contribution in [1.82, 2.24) is 4.98 Å². The summed E-state index contributed by atoms with van der Waals surface area (Å²) in [7, 11) is 0. The second-order valence-electron chi connectivity index (χ2n) is 2.72. The number of hydrogen-bond donors (Lipinski definition) is 3. The van der Waals surface area contributed by atoms with Gasteiger partial charge in [-0.3, -0.25) is 0 Å². The normalized spacial score (nSPS) is 10.3. The third-order valence-corrected chi connectivity index (χ3v) is 2.62. The van der Waals surface area contributed by atoms with Gasteiger partial charge in [-0.25, -0.2) is 4.98 Å². The third kappa shape index (κ3) is 1.75. The highest BCUT2D eigenvalue weighted by Crippen LogP contribution is 2.26. The monoisotopic (exact) mass is 224 g/mol. The van der Waals surface area contributed by atoms with Gasteiger partial charge in [0.25, 0.3) is 0 Å². The molecule has 5 N–H and O–H groups in total. The lowest BCUT2D eigenvalue weighted by atomic mass is 10.3. The van der Waals surface area contributed by atoms with Gasteiger partial charge in [-0.05, 0) is 30.4 Å². The minimum Gasteiger partial charge on any atom is -0.376 e. The van der Waals surface area contributed by atoms with E-state index in [-0.39, 0.29) is 5.11 Å². The molecule has 0 aliphatic carbocycles. The van der Waals surface area contributed by atoms with Crippen LogP contribution in [0, 0.1) is 0 Å². The second-order valence-corrected chi connectivity index (χ2v) is 4.23. The van der Waals surface area contributed by atoms with Crippen molar-refractivity contribution in [1.29, 1.82) is 0 Å². The van der Waals surface area contributed by atoms with Crippen LogP contribution in [0.3, 0.4) is 0 Å². The van der Waals surface area contributed by atoms with Gasteiger partial charge < -0.3 is 16.8 Å². The molecule has 0 amide bonds. The Labute approximate surface area is 89.9 Å². The van der Waals surface area contributed by atoms with E-state index in [4.69, 9.17) is 23.7 Å². The Kier molecular flexibility index (Phi) is 2.22. The molecule has 0 unspecified atom stereocenters. The van der Waals surface area contributed by atoms with Crippen LogP contribution < -0.4 is 16.8 Å². The van der Waals surface area contributed by atoms with E-state index in [9.17, 15) is 0 Å². The highest BCUT2D eigenvalue weighted by Gasteiger charge is 2.01. The van der Waals surface area contributed by atoms with Crippen LogP contribution in [0.25, 0.3) is 10.2 Å². The summed E-state index contributed by atoms with van der Waals surface area (Å²) in [5.41, 5.74) is 12.7. The molecule has 72 valence electrons. The maximum Gasteiger partial charge on any atom is 0.181 e. The molecule has 0 aliphatic rings. The number of aromatic nitrogens is 1. The summed E-state index contributed by atoms with van der Waals surface area (Å²) in [4.78, 5) is 4.14. The van der Waals surface area contributed by atoms with E-state index in [0.29, 0.717) is 5.13 Å². The van der Waals surface area contributed by atoms with Gasteiger partial charge in [0.2, 0.25) is 0 Å². The van der Waals surface area contributed by atoms with Gasteiger partial charge in [0, 0.05) is 5.69 Å². The number of fused-ring (bicyclic) bond motifs is 1. The SMILES string of the molecule is NC(=S)Nc1ccc2nc(N)sc2c1. The molecular formula is C8H8N4S2. The van der Waals surface area contributed by atoms with Crippen molar-refractivity contribution in [2.75, 3.05) is 11.1 Å². The van der Waals surface area contributed by atoms with Crippen molar-refractivity contribution in [3.05, 3.63) is 18.2 Å². The fraction of sp³-hybridized carbons (Fsp3) is 0. The predicted molar refractivity (Wildman–Crippen MR) is 64.4 cm³/mol. The fourth-order valence-electron chi connectivity index (χ4n) is 1.16. The molecule has 0 bridgehead atoms. The van der Waals surface area contributed by atoms with Crippen LogP contribution in [0.15, 0.2) is 18.2 Å². The summed E-state index contributed by atoms with van der Waals surface area (Å²) >= 11 is 6.17. The molecule has 0 saturated carbocycles. The van der Waals surface area contributed by atoms with Crippen LogP contribution in [0.5, 0.6) is 0 Å². The van der Waals surface area contributed by atoms with Crippen molar-refractivity contribution in [3.8, 4) is 0 Å². The number of hydrogen-bond acceptors (Lipinski definition) is 4. The number of thiazole rings is 1. The van der Waals surface area contributed by atoms with Gasteiger partial charge in [-0.2, -0.15) is 0 Å². The van der Waals surface area contributed by atoms with Crippen molar-refractivity contribution in [2.24, 2.45) is 5.73 Å². The number of nitrogens with two attached hydrogens (primary N) is 2. The van der Waals surface area contributed by atoms with Crippen LogP contribution in [-0.2, 0) is 0 Å². The topological polar surface area (TPSA) is 77.0 Å². The summed E-state index contributed by atoms with van der Waals surface area (Å²) in [5, 5.41) is 3.67. The first-order valence-electron chi connectivity index (χ1n) is 3.87. The van der Waals surface area contributed by atoms with E-state index in [0.717, 1.165) is 15.9 Å². The molecule has 6 heteroatoms. The Morgan fingerprint density at radius 1 is 1.50 bits per heavy atom. The molecule has 14 heavy (non-hydrogen) atoms. The molecule has 2 aromatic rings. The summed E-state index contributed by atoms with van der Waals surface area (Å²) < 4.78 is 1.02. The van der Waals surface area contributed by atoms with Crippen molar-refractivity contribution >= 4 is 49.7 Å². The lowest BCUT2D eigenvalue weighted by Gasteiger charge is -2.01. The first-order valence-corrected chi connectivity index (χ1v) is 5.10. The lowest BCUT2D eigenvalue weighted by molar-refractivity contribution is 1.49. The lowest BCUT2D eigenvalue weighted by Crippen LogP contribution is -2.18. The Bertz CT molecular complexity index is 491. The maximum atomic E-state index is 5.58. The number of nitrogen functional groups attached to an aromatic ring is 1. The minimum atomic E-state index is 0.252. The maximum absolute atomic E-state index is 5.58. The molecular weight excluding hydrogens is 216 g/mol. The van der Waals surface area contributed by atoms with E-state index in [1.807, 2.05) is 18.2 Å². The summed E-state index contributed by atoms with van der Waals surface area (Å²) in [6.07, 6.45) is 0. The summed E-state index contributed by atoms with van der Waals surface area (Å²) in [6.45, 7) is 0. The first kappa shape index (κ1) is 9.17. The van der Waals surface area contributed by atoms with Gasteiger partial charge >= 0.3 is 0 Å². The Morgan fingerprint density at radius 2 is 2.29 bits per heavy atom. The standard InChI is InChI=1S/C8H8N4S2/c9-7(13)11-4-1-2-5-6(3-4)14-8(10)12-5/h1-3H,(H2,10,12)(H3,9,11,13). The van der Waals surface area contributed by atoms with E-state index < -0.39 is 0 Å². The largest absolute Gasteiger partial charge is 0.376 e. The molecule has 0 atom stereocenters. The van der Waals surface area contributed by atoms with Crippen LogP contribution in [0.1, 0.15) is 0 Å². The molecule has 0 radical (unpaired) electrons. The zero-order valence-corrected chi connectivity index (χ0v) is 8.78. The molecule has 2 rings (SSSR count). The number of nitrogens with one attached hydrogen (secondary N) is 1. The molecule has 1 aromatic heterocycles. The third-order valence-electron chi connectivity index (χ3n) is 1.67. The Hall–Kier alpha value is -1.40. The quantitative estimate of drug-likeness (QED) is 0.640. The molecule has 0 fully saturated rings. The van der Waals surface area contributed by atoms with Gasteiger partial charge in [0.05, 0.1) is 10.2 Å². The van der Waals surface area contributed by atoms with E-state index >= 15 is 0 Å². The van der Waals surface area contributed by atoms with Crippen LogP contribution in [0.2, 0.25) is 0 Å². The molecule has 0 spiro atoms. The number of thiocarbonyl (C=S) groups is 1. The zero-order valence-electron chi connectivity index (χ0n) is 7.15. The van der Waals surface area contributed by atoms with Gasteiger partial charge in [-0.1, -0.05) is 11.3 Å². The number of nitrogens with zero attached hydrogens (tertiary/aromatic N) is 1. The van der Waals surface area contributed by atoms with E-state index in [1.165, 1.54) is 11.3 Å². The van der Waals surface area contributed by atoms with Crippen molar-refractivity contribution in [2.45, 2.75) is 0 Å². The average Bonchev–Trinajstić information content (AvgIpc) is 2.42. The highest BCUT2D eigenvalue weighted by molar-refractivity contribution is 7.80. The Morgan fingerprint density at radius 3 is 3.00 bits per heavy atom. The van der Waals surface area contributed by atoms with Gasteiger partial charge in [-0.15, -0.1) is 0 Å². The number of rotatable bonds is 1. The number of benzene rings is 1. The summed E-state index contributed by atoms with van der Waals surface area (Å²) in [6, 6.07) is 5.66. The minimum absolute atomic E-state index is 0.252. The Balaban J connectivity index is 2.45. The second kappa shape index (κ2) is 3.39. The van der Waals surface area contributed by atoms with E-state index in [1.54, 1.807) is 0 Å². The van der Waals surface area contributed by atoms with Gasteiger partial charge in [0.1, 0.15) is 0 Å². The van der Waals surface area contributed by atoms with Crippen LogP contribution in [-0.4, -0.2) is 10.1 Å².